The van der Waals surface area contributed by atoms with Crippen LogP contribution in [0, 0.1) is 0 Å². The van der Waals surface area contributed by atoms with E-state index in [9.17, 15) is 21.9 Å². The van der Waals surface area contributed by atoms with Gasteiger partial charge in [0.1, 0.15) is 18.5 Å². The van der Waals surface area contributed by atoms with Crippen LogP contribution in [0.5, 0.6) is 5.75 Å². The lowest BCUT2D eigenvalue weighted by Gasteiger charge is -2.38. The van der Waals surface area contributed by atoms with Crippen LogP contribution in [0.2, 0.25) is 0 Å². The zero-order valence-electron chi connectivity index (χ0n) is 23.7. The van der Waals surface area contributed by atoms with E-state index in [1.54, 1.807) is 36.7 Å². The van der Waals surface area contributed by atoms with Crippen molar-refractivity contribution < 1.29 is 36.5 Å². The normalized spacial score (nSPS) is 19.8. The fourth-order valence-corrected chi connectivity index (χ4v) is 8.02. The summed E-state index contributed by atoms with van der Waals surface area (Å²) in [5.41, 5.74) is 1.49. The van der Waals surface area contributed by atoms with E-state index in [2.05, 4.69) is 10.3 Å². The van der Waals surface area contributed by atoms with Crippen molar-refractivity contribution in [2.45, 2.75) is 46.8 Å². The highest BCUT2D eigenvalue weighted by Gasteiger charge is 2.44. The third-order valence-corrected chi connectivity index (χ3v) is 11.6. The van der Waals surface area contributed by atoms with E-state index in [-0.39, 0.29) is 34.7 Å². The lowest BCUT2D eigenvalue weighted by Crippen LogP contribution is -2.47. The zero-order chi connectivity index (χ0) is 30.5. The van der Waals surface area contributed by atoms with Crippen LogP contribution in [0.15, 0.2) is 82.8 Å². The first kappa shape index (κ1) is 31.5. The molecule has 0 saturated carbocycles. The lowest BCUT2D eigenvalue weighted by atomic mass is 9.88. The maximum absolute atomic E-state index is 13.3. The van der Waals surface area contributed by atoms with E-state index in [1.165, 1.54) is 16.4 Å². The number of aromatic nitrogens is 1. The Bertz CT molecular complexity index is 1580. The maximum atomic E-state index is 13.3. The van der Waals surface area contributed by atoms with E-state index in [0.717, 1.165) is 11.1 Å². The number of aliphatic hydroxyl groups is 2. The largest absolute Gasteiger partial charge is 0.491 e. The molecule has 5 rings (SSSR count). The molecule has 2 aliphatic heterocycles. The van der Waals surface area contributed by atoms with Crippen LogP contribution in [0.25, 0.3) is 11.1 Å². The van der Waals surface area contributed by atoms with Gasteiger partial charge in [0.2, 0.25) is 10.0 Å². The Balaban J connectivity index is 1.07. The van der Waals surface area contributed by atoms with Crippen LogP contribution in [-0.2, 0) is 24.6 Å². The molecule has 0 aliphatic carbocycles. The first-order valence-corrected chi connectivity index (χ1v) is 17.3. The van der Waals surface area contributed by atoms with Gasteiger partial charge in [0.05, 0.1) is 34.4 Å². The van der Waals surface area contributed by atoms with Gasteiger partial charge in [-0.25, -0.2) is 16.8 Å². The van der Waals surface area contributed by atoms with Gasteiger partial charge in [-0.3, -0.25) is 4.98 Å². The van der Waals surface area contributed by atoms with Crippen LogP contribution in [0.4, 0.5) is 0 Å². The van der Waals surface area contributed by atoms with Crippen molar-refractivity contribution in [1.29, 1.82) is 0 Å². The number of aliphatic hydroxyl groups excluding tert-OH is 2. The van der Waals surface area contributed by atoms with Crippen LogP contribution in [0.3, 0.4) is 0 Å². The summed E-state index contributed by atoms with van der Waals surface area (Å²) in [4.78, 5) is 4.34. The summed E-state index contributed by atoms with van der Waals surface area (Å²) in [5.74, 6) is -0.0593. The summed E-state index contributed by atoms with van der Waals surface area (Å²) < 4.78 is 64.3. The number of hydrogen-bond donors (Lipinski definition) is 3. The van der Waals surface area contributed by atoms with E-state index < -0.39 is 38.2 Å². The van der Waals surface area contributed by atoms with Crippen LogP contribution in [0.1, 0.15) is 19.3 Å². The van der Waals surface area contributed by atoms with Gasteiger partial charge in [0.15, 0.2) is 9.84 Å². The topological polar surface area (TPSA) is 155 Å². The SMILES string of the molecule is O=S(=O)(CCO)c1cccc(OCC(O)CN[C@H]2COC3(CCN(S(=O)(=O)c4ccc(-c5ccncc5)cc4)CC3)C2)c1. The van der Waals surface area contributed by atoms with Crippen LogP contribution < -0.4 is 10.1 Å². The minimum atomic E-state index is -3.63. The number of nitrogens with zero attached hydrogens (tertiary/aromatic N) is 2. The minimum Gasteiger partial charge on any atom is -0.491 e. The predicted octanol–water partition coefficient (Wildman–Crippen LogP) is 1.86. The minimum absolute atomic E-state index is 0.00508. The van der Waals surface area contributed by atoms with Crippen molar-refractivity contribution in [2.75, 3.05) is 45.2 Å². The van der Waals surface area contributed by atoms with Crippen molar-refractivity contribution >= 4 is 19.9 Å². The van der Waals surface area contributed by atoms with E-state index >= 15 is 0 Å². The summed E-state index contributed by atoms with van der Waals surface area (Å²) in [5, 5.41) is 22.7. The number of sulfone groups is 1. The Morgan fingerprint density at radius 3 is 2.40 bits per heavy atom. The average molecular weight is 632 g/mol. The smallest absolute Gasteiger partial charge is 0.243 e. The third kappa shape index (κ3) is 7.60. The molecule has 0 radical (unpaired) electrons. The zero-order valence-corrected chi connectivity index (χ0v) is 25.3. The van der Waals surface area contributed by atoms with Crippen molar-refractivity contribution in [2.24, 2.45) is 0 Å². The highest BCUT2D eigenvalue weighted by molar-refractivity contribution is 7.91. The predicted molar refractivity (Wildman–Crippen MR) is 160 cm³/mol. The molecule has 1 aromatic heterocycles. The van der Waals surface area contributed by atoms with Gasteiger partial charge in [-0.05, 0) is 72.9 Å². The number of sulfonamides is 1. The van der Waals surface area contributed by atoms with E-state index in [4.69, 9.17) is 14.6 Å². The van der Waals surface area contributed by atoms with Gasteiger partial charge in [-0.2, -0.15) is 4.31 Å². The molecule has 1 spiro atoms. The lowest BCUT2D eigenvalue weighted by molar-refractivity contribution is -0.0312. The molecule has 1 unspecified atom stereocenters. The van der Waals surface area contributed by atoms with Crippen molar-refractivity contribution in [1.82, 2.24) is 14.6 Å². The number of benzene rings is 2. The molecule has 13 heteroatoms. The Labute approximate surface area is 252 Å². The maximum Gasteiger partial charge on any atom is 0.243 e. The molecular weight excluding hydrogens is 594 g/mol. The quantitative estimate of drug-likeness (QED) is 0.270. The van der Waals surface area contributed by atoms with Gasteiger partial charge in [-0.1, -0.05) is 18.2 Å². The molecule has 3 aromatic rings. The third-order valence-electron chi connectivity index (χ3n) is 7.96. The van der Waals surface area contributed by atoms with Crippen molar-refractivity contribution in [3.8, 4) is 16.9 Å². The molecule has 0 amide bonds. The number of ether oxygens (including phenoxy) is 2. The number of hydrogen-bond acceptors (Lipinski definition) is 10. The summed E-state index contributed by atoms with van der Waals surface area (Å²) in [6, 6.07) is 16.6. The van der Waals surface area contributed by atoms with Gasteiger partial charge in [-0.15, -0.1) is 0 Å². The molecule has 2 fully saturated rings. The van der Waals surface area contributed by atoms with Crippen LogP contribution >= 0.6 is 0 Å². The standard InChI is InChI=1S/C30H37N3O8S2/c34-16-17-42(36,37)29-3-1-2-27(18-29)40-22-26(35)20-32-25-19-30(41-21-25)10-14-33(15-11-30)43(38,39)28-6-4-23(5-7-28)24-8-12-31-13-9-24/h1-9,12-13,18,25-26,32,34-35H,10-11,14-17,19-22H2/t25-,26?/m1/s1. The van der Waals surface area contributed by atoms with E-state index in [0.29, 0.717) is 44.7 Å². The second-order valence-corrected chi connectivity index (χ2v) is 15.0. The summed E-state index contributed by atoms with van der Waals surface area (Å²) in [6.45, 7) is 0.939. The van der Waals surface area contributed by atoms with Gasteiger partial charge in [0.25, 0.3) is 0 Å². The Kier molecular flexibility index (Phi) is 9.81. The molecule has 3 heterocycles. The molecule has 2 saturated heterocycles. The second kappa shape index (κ2) is 13.4. The molecule has 2 aromatic carbocycles. The van der Waals surface area contributed by atoms with E-state index in [1.807, 2.05) is 24.3 Å². The Morgan fingerprint density at radius 2 is 1.70 bits per heavy atom. The van der Waals surface area contributed by atoms with Crippen molar-refractivity contribution in [3.05, 3.63) is 73.1 Å². The summed E-state index contributed by atoms with van der Waals surface area (Å²) in [7, 11) is -7.23. The summed E-state index contributed by atoms with van der Waals surface area (Å²) >= 11 is 0. The van der Waals surface area contributed by atoms with Gasteiger partial charge < -0.3 is 25.0 Å². The first-order valence-electron chi connectivity index (χ1n) is 14.2. The number of piperidine rings is 1. The van der Waals surface area contributed by atoms with Crippen LogP contribution in [-0.4, -0.2) is 99.3 Å². The molecule has 0 bridgehead atoms. The molecule has 3 N–H and O–H groups in total. The monoisotopic (exact) mass is 631 g/mol. The van der Waals surface area contributed by atoms with Crippen molar-refractivity contribution in [3.63, 3.8) is 0 Å². The summed E-state index contributed by atoms with van der Waals surface area (Å²) in [6.07, 6.45) is 4.44. The fourth-order valence-electron chi connectivity index (χ4n) is 5.52. The molecule has 2 aliphatic rings. The Morgan fingerprint density at radius 1 is 1.00 bits per heavy atom. The highest BCUT2D eigenvalue weighted by Crippen LogP contribution is 2.37. The molecular formula is C30H37N3O8S2. The molecule has 2 atom stereocenters. The second-order valence-electron chi connectivity index (χ2n) is 10.9. The highest BCUT2D eigenvalue weighted by atomic mass is 32.2. The molecule has 232 valence electrons. The molecule has 11 nitrogen and oxygen atoms in total. The van der Waals surface area contributed by atoms with Gasteiger partial charge >= 0.3 is 0 Å². The number of nitrogens with one attached hydrogen (secondary N) is 1. The Hall–Kier alpha value is -2.91. The first-order chi connectivity index (χ1) is 20.6. The molecule has 43 heavy (non-hydrogen) atoms. The number of pyridine rings is 1. The number of rotatable bonds is 12. The fraction of sp³-hybridized carbons (Fsp3) is 0.433. The van der Waals surface area contributed by atoms with Gasteiger partial charge in [0, 0.05) is 38.1 Å². The average Bonchev–Trinajstić information content (AvgIpc) is 3.41.